The maximum absolute atomic E-state index is 5.74. The number of hydrogen-bond donors (Lipinski definition) is 2. The number of aryl methyl sites for hydroxylation is 1. The molecule has 0 spiro atoms. The number of nitrogens with one attached hydrogen (secondary N) is 2. The van der Waals surface area contributed by atoms with E-state index in [1.54, 1.807) is 0 Å². The van der Waals surface area contributed by atoms with Gasteiger partial charge in [0.25, 0.3) is 0 Å². The molecule has 3 heterocycles. The van der Waals surface area contributed by atoms with Gasteiger partial charge in [-0.3, -0.25) is 5.10 Å². The highest BCUT2D eigenvalue weighted by atomic mass is 16.5. The predicted octanol–water partition coefficient (Wildman–Crippen LogP) is 1.40. The smallest absolute Gasteiger partial charge is 0.152 e. The zero-order valence-corrected chi connectivity index (χ0v) is 12.6. The van der Waals surface area contributed by atoms with Gasteiger partial charge in [0.2, 0.25) is 0 Å². The topological polar surface area (TPSA) is 66.3 Å². The zero-order valence-electron chi connectivity index (χ0n) is 12.6. The minimum atomic E-state index is 0.255. The Labute approximate surface area is 124 Å². The molecule has 0 aliphatic carbocycles. The molecule has 0 unspecified atom stereocenters. The summed E-state index contributed by atoms with van der Waals surface area (Å²) in [5.74, 6) is 1.73. The van der Waals surface area contributed by atoms with Gasteiger partial charge in [-0.05, 0) is 26.1 Å². The normalized spacial score (nSPS) is 20.0. The van der Waals surface area contributed by atoms with Gasteiger partial charge in [0.15, 0.2) is 5.76 Å². The minimum absolute atomic E-state index is 0.255. The zero-order chi connectivity index (χ0) is 14.7. The van der Waals surface area contributed by atoms with Crippen LogP contribution < -0.4 is 5.32 Å². The number of likely N-dealkylation sites (N-methyl/N-ethyl adjacent to an activating group) is 1. The summed E-state index contributed by atoms with van der Waals surface area (Å²) in [5, 5.41) is 10.6. The van der Waals surface area contributed by atoms with Gasteiger partial charge in [0, 0.05) is 31.7 Å². The second-order valence-electron chi connectivity index (χ2n) is 5.57. The molecule has 2 aromatic rings. The van der Waals surface area contributed by atoms with Crippen LogP contribution in [0.1, 0.15) is 11.3 Å². The number of nitrogens with zero attached hydrogens (tertiary/aromatic N) is 2. The third-order valence-corrected chi connectivity index (χ3v) is 3.73. The summed E-state index contributed by atoms with van der Waals surface area (Å²) in [5.41, 5.74) is 2.05. The Morgan fingerprint density at radius 1 is 1.48 bits per heavy atom. The van der Waals surface area contributed by atoms with Crippen molar-refractivity contribution in [3.05, 3.63) is 29.7 Å². The number of morpholine rings is 1. The van der Waals surface area contributed by atoms with Crippen molar-refractivity contribution in [1.29, 1.82) is 0 Å². The number of hydrogen-bond acceptors (Lipinski definition) is 5. The molecular formula is C15H22N4O2. The molecule has 0 aromatic carbocycles. The Morgan fingerprint density at radius 3 is 3.14 bits per heavy atom. The van der Waals surface area contributed by atoms with E-state index in [0.717, 1.165) is 55.6 Å². The molecule has 1 fully saturated rings. The number of ether oxygens (including phenoxy) is 1. The molecule has 21 heavy (non-hydrogen) atoms. The van der Waals surface area contributed by atoms with Gasteiger partial charge < -0.3 is 19.4 Å². The Morgan fingerprint density at radius 2 is 2.38 bits per heavy atom. The SMILES string of the molecule is Cc1ccc(-c2[nH]ncc2CNC[C@H]2CN(C)CCO2)o1. The lowest BCUT2D eigenvalue weighted by atomic mass is 10.2. The summed E-state index contributed by atoms with van der Waals surface area (Å²) in [4.78, 5) is 2.30. The van der Waals surface area contributed by atoms with Gasteiger partial charge in [-0.15, -0.1) is 0 Å². The number of aromatic nitrogens is 2. The summed E-state index contributed by atoms with van der Waals surface area (Å²) in [6, 6.07) is 3.92. The van der Waals surface area contributed by atoms with E-state index in [1.165, 1.54) is 0 Å². The number of rotatable bonds is 5. The molecule has 0 radical (unpaired) electrons. The lowest BCUT2D eigenvalue weighted by molar-refractivity contribution is -0.0182. The van der Waals surface area contributed by atoms with Crippen molar-refractivity contribution in [1.82, 2.24) is 20.4 Å². The van der Waals surface area contributed by atoms with E-state index in [2.05, 4.69) is 27.5 Å². The monoisotopic (exact) mass is 290 g/mol. The van der Waals surface area contributed by atoms with Gasteiger partial charge in [-0.2, -0.15) is 5.10 Å². The Hall–Kier alpha value is -1.63. The third kappa shape index (κ3) is 3.53. The summed E-state index contributed by atoms with van der Waals surface area (Å²) in [6.07, 6.45) is 2.10. The van der Waals surface area contributed by atoms with Crippen LogP contribution in [0.15, 0.2) is 22.7 Å². The van der Waals surface area contributed by atoms with E-state index in [1.807, 2.05) is 25.3 Å². The second kappa shape index (κ2) is 6.43. The summed E-state index contributed by atoms with van der Waals surface area (Å²) in [6.45, 7) is 6.32. The summed E-state index contributed by atoms with van der Waals surface area (Å²) < 4.78 is 11.4. The van der Waals surface area contributed by atoms with Crippen molar-refractivity contribution in [2.75, 3.05) is 33.3 Å². The fourth-order valence-corrected chi connectivity index (χ4v) is 2.59. The highest BCUT2D eigenvalue weighted by Crippen LogP contribution is 2.23. The third-order valence-electron chi connectivity index (χ3n) is 3.73. The highest BCUT2D eigenvalue weighted by molar-refractivity contribution is 5.56. The number of H-pyrrole nitrogens is 1. The molecule has 3 rings (SSSR count). The van der Waals surface area contributed by atoms with Crippen molar-refractivity contribution < 1.29 is 9.15 Å². The van der Waals surface area contributed by atoms with Gasteiger partial charge in [0.1, 0.15) is 11.5 Å². The summed E-state index contributed by atoms with van der Waals surface area (Å²) >= 11 is 0. The first-order valence-electron chi connectivity index (χ1n) is 7.32. The fourth-order valence-electron chi connectivity index (χ4n) is 2.59. The van der Waals surface area contributed by atoms with Crippen molar-refractivity contribution in [2.24, 2.45) is 0 Å². The van der Waals surface area contributed by atoms with Crippen molar-refractivity contribution in [2.45, 2.75) is 19.6 Å². The molecule has 1 aliphatic rings. The van der Waals surface area contributed by atoms with Crippen molar-refractivity contribution in [3.63, 3.8) is 0 Å². The lowest BCUT2D eigenvalue weighted by Gasteiger charge is -2.30. The molecule has 6 nitrogen and oxygen atoms in total. The molecule has 1 atom stereocenters. The van der Waals surface area contributed by atoms with E-state index in [4.69, 9.17) is 9.15 Å². The first-order valence-corrected chi connectivity index (χ1v) is 7.32. The second-order valence-corrected chi connectivity index (χ2v) is 5.57. The van der Waals surface area contributed by atoms with Crippen LogP contribution in [0.25, 0.3) is 11.5 Å². The van der Waals surface area contributed by atoms with Crippen LogP contribution in [0.4, 0.5) is 0 Å². The standard InChI is InChI=1S/C15H22N4O2/c1-11-3-4-14(21-11)15-12(8-17-18-15)7-16-9-13-10-19(2)5-6-20-13/h3-4,8,13,16H,5-7,9-10H2,1-2H3,(H,17,18)/t13-/m0/s1. The average Bonchev–Trinajstić information content (AvgIpc) is 3.07. The molecule has 114 valence electrons. The van der Waals surface area contributed by atoms with Crippen LogP contribution in [0, 0.1) is 6.92 Å². The number of furan rings is 1. The van der Waals surface area contributed by atoms with Gasteiger partial charge in [0.05, 0.1) is 18.9 Å². The largest absolute Gasteiger partial charge is 0.460 e. The van der Waals surface area contributed by atoms with Crippen LogP contribution in [0.5, 0.6) is 0 Å². The molecule has 6 heteroatoms. The molecule has 0 saturated carbocycles. The van der Waals surface area contributed by atoms with Crippen LogP contribution in [-0.4, -0.2) is 54.5 Å². The van der Waals surface area contributed by atoms with Crippen LogP contribution in [0.2, 0.25) is 0 Å². The Kier molecular flexibility index (Phi) is 4.38. The Balaban J connectivity index is 1.55. The van der Waals surface area contributed by atoms with E-state index >= 15 is 0 Å². The van der Waals surface area contributed by atoms with E-state index in [0.29, 0.717) is 0 Å². The maximum atomic E-state index is 5.74. The predicted molar refractivity (Wildman–Crippen MR) is 80.0 cm³/mol. The quantitative estimate of drug-likeness (QED) is 0.871. The van der Waals surface area contributed by atoms with Crippen molar-refractivity contribution in [3.8, 4) is 11.5 Å². The van der Waals surface area contributed by atoms with E-state index in [-0.39, 0.29) is 6.10 Å². The van der Waals surface area contributed by atoms with Gasteiger partial charge >= 0.3 is 0 Å². The van der Waals surface area contributed by atoms with Crippen LogP contribution in [-0.2, 0) is 11.3 Å². The molecular weight excluding hydrogens is 268 g/mol. The first-order chi connectivity index (χ1) is 10.2. The number of aromatic amines is 1. The maximum Gasteiger partial charge on any atom is 0.152 e. The molecule has 0 bridgehead atoms. The molecule has 2 aromatic heterocycles. The molecule has 2 N–H and O–H groups in total. The van der Waals surface area contributed by atoms with E-state index < -0.39 is 0 Å². The molecule has 1 aliphatic heterocycles. The minimum Gasteiger partial charge on any atom is -0.460 e. The highest BCUT2D eigenvalue weighted by Gasteiger charge is 2.17. The molecule has 0 amide bonds. The Bertz CT molecular complexity index is 578. The first kappa shape index (κ1) is 14.3. The van der Waals surface area contributed by atoms with Gasteiger partial charge in [-0.25, -0.2) is 0 Å². The van der Waals surface area contributed by atoms with Gasteiger partial charge in [-0.1, -0.05) is 0 Å². The molecule has 1 saturated heterocycles. The lowest BCUT2D eigenvalue weighted by Crippen LogP contribution is -2.44. The van der Waals surface area contributed by atoms with Crippen LogP contribution in [0.3, 0.4) is 0 Å². The summed E-state index contributed by atoms with van der Waals surface area (Å²) in [7, 11) is 2.13. The fraction of sp³-hybridized carbons (Fsp3) is 0.533. The van der Waals surface area contributed by atoms with E-state index in [9.17, 15) is 0 Å². The van der Waals surface area contributed by atoms with Crippen LogP contribution >= 0.6 is 0 Å². The average molecular weight is 290 g/mol. The van der Waals surface area contributed by atoms with Crippen molar-refractivity contribution >= 4 is 0 Å².